The van der Waals surface area contributed by atoms with E-state index in [1.165, 1.54) is 5.56 Å². The van der Waals surface area contributed by atoms with Gasteiger partial charge in [0.2, 0.25) is 0 Å². The first-order valence-corrected chi connectivity index (χ1v) is 5.84. The predicted octanol–water partition coefficient (Wildman–Crippen LogP) is 2.63. The number of carbonyl (C=O) groups excluding carboxylic acids is 1. The first-order valence-electron chi connectivity index (χ1n) is 5.84. The number of urea groups is 1. The van der Waals surface area contributed by atoms with Crippen LogP contribution in [0.5, 0.6) is 0 Å². The van der Waals surface area contributed by atoms with E-state index in [1.807, 2.05) is 24.3 Å². The molecule has 1 aromatic carbocycles. The lowest BCUT2D eigenvalue weighted by Gasteiger charge is -2.08. The summed E-state index contributed by atoms with van der Waals surface area (Å²) < 4.78 is 1.60. The maximum atomic E-state index is 11.7. The number of benzene rings is 1. The zero-order chi connectivity index (χ0) is 13.0. The fourth-order valence-corrected chi connectivity index (χ4v) is 1.60. The molecule has 5 heteroatoms. The maximum Gasteiger partial charge on any atom is 0.324 e. The van der Waals surface area contributed by atoms with Crippen LogP contribution in [0.3, 0.4) is 0 Å². The van der Waals surface area contributed by atoms with Crippen LogP contribution in [0.1, 0.15) is 12.5 Å². The van der Waals surface area contributed by atoms with Crippen LogP contribution < -0.4 is 10.6 Å². The first kappa shape index (κ1) is 12.2. The van der Waals surface area contributed by atoms with Gasteiger partial charge in [0.1, 0.15) is 5.82 Å². The summed E-state index contributed by atoms with van der Waals surface area (Å²) in [5.74, 6) is 0.651. The van der Waals surface area contributed by atoms with Gasteiger partial charge in [-0.25, -0.2) is 4.79 Å². The number of anilines is 2. The van der Waals surface area contributed by atoms with Crippen LogP contribution in [0.4, 0.5) is 16.3 Å². The Morgan fingerprint density at radius 1 is 1.22 bits per heavy atom. The second-order valence-corrected chi connectivity index (χ2v) is 3.97. The first-order chi connectivity index (χ1) is 8.69. The Labute approximate surface area is 106 Å². The fourth-order valence-electron chi connectivity index (χ4n) is 1.60. The third-order valence-corrected chi connectivity index (χ3v) is 2.68. The van der Waals surface area contributed by atoms with E-state index in [2.05, 4.69) is 22.7 Å². The molecular formula is C13H16N4O. The van der Waals surface area contributed by atoms with Crippen LogP contribution in [-0.4, -0.2) is 15.8 Å². The third kappa shape index (κ3) is 2.88. The predicted molar refractivity (Wildman–Crippen MR) is 71.7 cm³/mol. The molecule has 0 saturated carbocycles. The van der Waals surface area contributed by atoms with Gasteiger partial charge in [-0.2, -0.15) is 5.10 Å². The topological polar surface area (TPSA) is 59.0 Å². The van der Waals surface area contributed by atoms with Crippen LogP contribution in [-0.2, 0) is 13.5 Å². The van der Waals surface area contributed by atoms with Crippen molar-refractivity contribution in [3.8, 4) is 0 Å². The zero-order valence-corrected chi connectivity index (χ0v) is 10.5. The monoisotopic (exact) mass is 244 g/mol. The van der Waals surface area contributed by atoms with Gasteiger partial charge in [0.15, 0.2) is 0 Å². The van der Waals surface area contributed by atoms with Gasteiger partial charge in [0.25, 0.3) is 0 Å². The minimum absolute atomic E-state index is 0.275. The minimum Gasteiger partial charge on any atom is -0.308 e. The Bertz CT molecular complexity index is 530. The number of rotatable bonds is 3. The van der Waals surface area contributed by atoms with E-state index in [0.29, 0.717) is 5.82 Å². The lowest BCUT2D eigenvalue weighted by molar-refractivity contribution is 0.262. The summed E-state index contributed by atoms with van der Waals surface area (Å²) in [6.45, 7) is 2.09. The molecule has 18 heavy (non-hydrogen) atoms. The molecule has 0 aliphatic heterocycles. The van der Waals surface area contributed by atoms with Gasteiger partial charge in [-0.1, -0.05) is 19.1 Å². The Morgan fingerprint density at radius 3 is 2.50 bits per heavy atom. The SMILES string of the molecule is CCc1ccc(NC(=O)Nc2ccnn2C)cc1. The van der Waals surface area contributed by atoms with Crippen molar-refractivity contribution in [3.63, 3.8) is 0 Å². The second-order valence-electron chi connectivity index (χ2n) is 3.97. The minimum atomic E-state index is -0.275. The molecule has 2 aromatic rings. The second kappa shape index (κ2) is 5.35. The van der Waals surface area contributed by atoms with Gasteiger partial charge in [0, 0.05) is 18.8 Å². The average Bonchev–Trinajstić information content (AvgIpc) is 2.76. The Balaban J connectivity index is 1.96. The molecule has 2 amide bonds. The number of nitrogens with one attached hydrogen (secondary N) is 2. The smallest absolute Gasteiger partial charge is 0.308 e. The summed E-state index contributed by atoms with van der Waals surface area (Å²) in [7, 11) is 1.77. The Kier molecular flexibility index (Phi) is 3.62. The van der Waals surface area contributed by atoms with E-state index >= 15 is 0 Å². The highest BCUT2D eigenvalue weighted by Crippen LogP contribution is 2.11. The van der Waals surface area contributed by atoms with Crippen LogP contribution in [0.25, 0.3) is 0 Å². The molecule has 0 bridgehead atoms. The largest absolute Gasteiger partial charge is 0.324 e. The van der Waals surface area contributed by atoms with Crippen LogP contribution >= 0.6 is 0 Å². The molecule has 0 atom stereocenters. The summed E-state index contributed by atoms with van der Waals surface area (Å²) >= 11 is 0. The number of carbonyl (C=O) groups is 1. The van der Waals surface area contributed by atoms with E-state index in [9.17, 15) is 4.79 Å². The molecule has 94 valence electrons. The van der Waals surface area contributed by atoms with E-state index in [-0.39, 0.29) is 6.03 Å². The molecule has 2 N–H and O–H groups in total. The van der Waals surface area contributed by atoms with Crippen molar-refractivity contribution in [1.82, 2.24) is 9.78 Å². The summed E-state index contributed by atoms with van der Waals surface area (Å²) in [6.07, 6.45) is 2.62. The summed E-state index contributed by atoms with van der Waals surface area (Å²) in [5.41, 5.74) is 2.01. The summed E-state index contributed by atoms with van der Waals surface area (Å²) in [5, 5.41) is 9.46. The standard InChI is InChI=1S/C13H16N4O/c1-3-10-4-6-11(7-5-10)15-13(18)16-12-8-9-14-17(12)2/h4-9H,3H2,1-2H3,(H2,15,16,18). The number of hydrogen-bond donors (Lipinski definition) is 2. The molecule has 1 heterocycles. The van der Waals surface area contributed by atoms with Crippen molar-refractivity contribution < 1.29 is 4.79 Å². The quantitative estimate of drug-likeness (QED) is 0.872. The number of amides is 2. The van der Waals surface area contributed by atoms with Gasteiger partial charge in [-0.15, -0.1) is 0 Å². The van der Waals surface area contributed by atoms with Crippen molar-refractivity contribution in [1.29, 1.82) is 0 Å². The molecule has 0 radical (unpaired) electrons. The molecule has 0 aliphatic carbocycles. The number of hydrogen-bond acceptors (Lipinski definition) is 2. The van der Waals surface area contributed by atoms with Crippen LogP contribution in [0.15, 0.2) is 36.5 Å². The Hall–Kier alpha value is -2.30. The van der Waals surface area contributed by atoms with Crippen LogP contribution in [0.2, 0.25) is 0 Å². The highest BCUT2D eigenvalue weighted by atomic mass is 16.2. The molecule has 2 rings (SSSR count). The molecule has 0 saturated heterocycles. The van der Waals surface area contributed by atoms with Crippen molar-refractivity contribution in [2.75, 3.05) is 10.6 Å². The Morgan fingerprint density at radius 2 is 1.94 bits per heavy atom. The average molecular weight is 244 g/mol. The third-order valence-electron chi connectivity index (χ3n) is 2.68. The fraction of sp³-hybridized carbons (Fsp3) is 0.231. The van der Waals surface area contributed by atoms with Crippen molar-refractivity contribution in [2.45, 2.75) is 13.3 Å². The normalized spacial score (nSPS) is 10.1. The zero-order valence-electron chi connectivity index (χ0n) is 10.5. The highest BCUT2D eigenvalue weighted by molar-refractivity contribution is 5.99. The highest BCUT2D eigenvalue weighted by Gasteiger charge is 2.04. The van der Waals surface area contributed by atoms with Gasteiger partial charge in [0.05, 0.1) is 6.20 Å². The lowest BCUT2D eigenvalue weighted by Crippen LogP contribution is -2.21. The molecule has 5 nitrogen and oxygen atoms in total. The van der Waals surface area contributed by atoms with Crippen LogP contribution in [0, 0.1) is 0 Å². The number of nitrogens with zero attached hydrogens (tertiary/aromatic N) is 2. The van der Waals surface area contributed by atoms with E-state index in [0.717, 1.165) is 12.1 Å². The van der Waals surface area contributed by atoms with E-state index < -0.39 is 0 Å². The van der Waals surface area contributed by atoms with Gasteiger partial charge in [-0.3, -0.25) is 10.00 Å². The number of aromatic nitrogens is 2. The van der Waals surface area contributed by atoms with Gasteiger partial charge >= 0.3 is 6.03 Å². The molecule has 0 spiro atoms. The van der Waals surface area contributed by atoms with Crippen molar-refractivity contribution in [3.05, 3.63) is 42.1 Å². The van der Waals surface area contributed by atoms with E-state index in [1.54, 1.807) is 24.0 Å². The molecular weight excluding hydrogens is 228 g/mol. The maximum absolute atomic E-state index is 11.7. The molecule has 0 unspecified atom stereocenters. The lowest BCUT2D eigenvalue weighted by atomic mass is 10.1. The molecule has 0 fully saturated rings. The number of aryl methyl sites for hydroxylation is 2. The van der Waals surface area contributed by atoms with Crippen molar-refractivity contribution in [2.24, 2.45) is 7.05 Å². The summed E-state index contributed by atoms with van der Waals surface area (Å²) in [4.78, 5) is 11.7. The summed E-state index contributed by atoms with van der Waals surface area (Å²) in [6, 6.07) is 9.24. The molecule has 1 aromatic heterocycles. The van der Waals surface area contributed by atoms with Gasteiger partial charge < -0.3 is 5.32 Å². The van der Waals surface area contributed by atoms with Crippen molar-refractivity contribution >= 4 is 17.5 Å². The van der Waals surface area contributed by atoms with Gasteiger partial charge in [-0.05, 0) is 24.1 Å². The molecule has 0 aliphatic rings. The van der Waals surface area contributed by atoms with E-state index in [4.69, 9.17) is 0 Å².